The van der Waals surface area contributed by atoms with Gasteiger partial charge in [0.05, 0.1) is 5.52 Å². The van der Waals surface area contributed by atoms with Gasteiger partial charge in [0.2, 0.25) is 11.3 Å². The third-order valence-corrected chi connectivity index (χ3v) is 3.58. The Labute approximate surface area is 136 Å². The molecule has 0 unspecified atom stereocenters. The van der Waals surface area contributed by atoms with Gasteiger partial charge in [-0.15, -0.1) is 0 Å². The molecule has 0 aliphatic rings. The molecule has 0 bridgehead atoms. The first-order valence-electron chi connectivity index (χ1n) is 7.14. The van der Waals surface area contributed by atoms with Crippen molar-refractivity contribution in [2.24, 2.45) is 12.8 Å². The molecule has 1 heterocycles. The Kier molecular flexibility index (Phi) is 3.83. The maximum atomic E-state index is 12.5. The van der Waals surface area contributed by atoms with Gasteiger partial charge in [-0.3, -0.25) is 19.1 Å². The lowest BCUT2D eigenvalue weighted by molar-refractivity contribution is 0.0995. The third-order valence-electron chi connectivity index (χ3n) is 3.58. The number of hydrogen-bond donors (Lipinski definition) is 2. The van der Waals surface area contributed by atoms with Crippen LogP contribution in [0.4, 0.5) is 5.69 Å². The molecule has 0 spiro atoms. The molecule has 120 valence electrons. The zero-order chi connectivity index (χ0) is 17.3. The predicted octanol–water partition coefficient (Wildman–Crippen LogP) is 1.28. The van der Waals surface area contributed by atoms with E-state index in [1.54, 1.807) is 43.4 Å². The molecule has 3 aromatic rings. The topological polar surface area (TPSA) is 107 Å². The highest BCUT2D eigenvalue weighted by atomic mass is 16.2. The molecule has 0 saturated heterocycles. The van der Waals surface area contributed by atoms with Crippen LogP contribution < -0.4 is 16.5 Å². The summed E-state index contributed by atoms with van der Waals surface area (Å²) in [5, 5.41) is 7.03. The highest BCUT2D eigenvalue weighted by molar-refractivity contribution is 6.05. The Morgan fingerprint density at radius 1 is 1.12 bits per heavy atom. The Hall–Kier alpha value is -3.48. The molecule has 0 radical (unpaired) electrons. The number of para-hydroxylation sites is 1. The zero-order valence-corrected chi connectivity index (χ0v) is 12.8. The molecule has 0 saturated carbocycles. The number of nitrogens with one attached hydrogen (secondary N) is 1. The molecule has 0 aliphatic heterocycles. The summed E-state index contributed by atoms with van der Waals surface area (Å²) in [6.07, 6.45) is 0. The molecule has 24 heavy (non-hydrogen) atoms. The van der Waals surface area contributed by atoms with Crippen molar-refractivity contribution in [3.8, 4) is 0 Å². The molecule has 1 aromatic heterocycles. The number of aryl methyl sites for hydroxylation is 1. The number of nitrogens with two attached hydrogens (primary N) is 1. The minimum absolute atomic E-state index is 0.222. The predicted molar refractivity (Wildman–Crippen MR) is 89.9 cm³/mol. The number of nitrogens with zero attached hydrogens (tertiary/aromatic N) is 2. The summed E-state index contributed by atoms with van der Waals surface area (Å²) in [7, 11) is 1.66. The smallest absolute Gasteiger partial charge is 0.280 e. The number of amides is 2. The number of aromatic nitrogens is 2. The lowest BCUT2D eigenvalue weighted by Gasteiger charge is -2.09. The van der Waals surface area contributed by atoms with Crippen LogP contribution in [-0.2, 0) is 7.05 Å². The lowest BCUT2D eigenvalue weighted by atomic mass is 10.1. The molecule has 2 aromatic carbocycles. The summed E-state index contributed by atoms with van der Waals surface area (Å²) in [4.78, 5) is 36.1. The van der Waals surface area contributed by atoms with Crippen LogP contribution in [0.3, 0.4) is 0 Å². The van der Waals surface area contributed by atoms with Gasteiger partial charge in [-0.25, -0.2) is 0 Å². The van der Waals surface area contributed by atoms with Crippen molar-refractivity contribution >= 4 is 28.4 Å². The van der Waals surface area contributed by atoms with Gasteiger partial charge < -0.3 is 11.1 Å². The number of hydrogen-bond acceptors (Lipinski definition) is 4. The van der Waals surface area contributed by atoms with E-state index in [4.69, 9.17) is 5.73 Å². The Morgan fingerprint density at radius 3 is 2.62 bits per heavy atom. The van der Waals surface area contributed by atoms with Crippen molar-refractivity contribution in [3.05, 3.63) is 70.0 Å². The van der Waals surface area contributed by atoms with Crippen molar-refractivity contribution in [1.29, 1.82) is 0 Å². The summed E-state index contributed by atoms with van der Waals surface area (Å²) in [6.45, 7) is 0. The SMILES string of the molecule is Cn1nc(C(=O)Nc2cccc(C(N)=O)c2)c(=O)c2ccccc21. The fourth-order valence-corrected chi connectivity index (χ4v) is 2.41. The number of carbonyl (C=O) groups is 2. The van der Waals surface area contributed by atoms with Gasteiger partial charge in [0.15, 0.2) is 5.69 Å². The van der Waals surface area contributed by atoms with Crippen LogP contribution in [0.25, 0.3) is 10.9 Å². The van der Waals surface area contributed by atoms with Crippen molar-refractivity contribution in [2.75, 3.05) is 5.32 Å². The second-order valence-corrected chi connectivity index (χ2v) is 5.22. The van der Waals surface area contributed by atoms with Crippen LogP contribution in [-0.4, -0.2) is 21.6 Å². The van der Waals surface area contributed by atoms with Crippen LogP contribution >= 0.6 is 0 Å². The zero-order valence-electron chi connectivity index (χ0n) is 12.8. The quantitative estimate of drug-likeness (QED) is 0.757. The van der Waals surface area contributed by atoms with Crippen molar-refractivity contribution in [3.63, 3.8) is 0 Å². The summed E-state index contributed by atoms with van der Waals surface area (Å²) < 4.78 is 1.48. The van der Waals surface area contributed by atoms with E-state index in [1.165, 1.54) is 16.8 Å². The van der Waals surface area contributed by atoms with Gasteiger partial charge in [-0.1, -0.05) is 18.2 Å². The fourth-order valence-electron chi connectivity index (χ4n) is 2.41. The number of fused-ring (bicyclic) bond motifs is 1. The number of benzene rings is 2. The second kappa shape index (κ2) is 5.96. The second-order valence-electron chi connectivity index (χ2n) is 5.22. The lowest BCUT2D eigenvalue weighted by Crippen LogP contribution is -2.26. The fraction of sp³-hybridized carbons (Fsp3) is 0.0588. The van der Waals surface area contributed by atoms with Crippen molar-refractivity contribution in [1.82, 2.24) is 9.78 Å². The minimum Gasteiger partial charge on any atom is -0.366 e. The summed E-state index contributed by atoms with van der Waals surface area (Å²) in [5.41, 5.74) is 5.79. The van der Waals surface area contributed by atoms with Gasteiger partial charge in [-0.05, 0) is 30.3 Å². The van der Waals surface area contributed by atoms with E-state index in [9.17, 15) is 14.4 Å². The molecular weight excluding hydrogens is 308 g/mol. The average molecular weight is 322 g/mol. The van der Waals surface area contributed by atoms with E-state index in [1.807, 2.05) is 0 Å². The van der Waals surface area contributed by atoms with Gasteiger partial charge in [0.25, 0.3) is 5.91 Å². The summed E-state index contributed by atoms with van der Waals surface area (Å²) >= 11 is 0. The number of carbonyl (C=O) groups excluding carboxylic acids is 2. The average Bonchev–Trinajstić information content (AvgIpc) is 2.58. The number of primary amides is 1. The normalized spacial score (nSPS) is 10.5. The van der Waals surface area contributed by atoms with Crippen LogP contribution in [0.5, 0.6) is 0 Å². The maximum Gasteiger partial charge on any atom is 0.280 e. The molecule has 2 amide bonds. The van der Waals surface area contributed by atoms with E-state index in [-0.39, 0.29) is 11.3 Å². The molecule has 7 nitrogen and oxygen atoms in total. The van der Waals surface area contributed by atoms with E-state index in [2.05, 4.69) is 10.4 Å². The highest BCUT2D eigenvalue weighted by Crippen LogP contribution is 2.12. The Balaban J connectivity index is 2.01. The molecule has 0 fully saturated rings. The van der Waals surface area contributed by atoms with Crippen LogP contribution in [0, 0.1) is 0 Å². The van der Waals surface area contributed by atoms with E-state index in [0.717, 1.165) is 0 Å². The van der Waals surface area contributed by atoms with E-state index < -0.39 is 17.2 Å². The van der Waals surface area contributed by atoms with Gasteiger partial charge in [0.1, 0.15) is 0 Å². The minimum atomic E-state index is -0.650. The van der Waals surface area contributed by atoms with Gasteiger partial charge in [-0.2, -0.15) is 5.10 Å². The summed E-state index contributed by atoms with van der Waals surface area (Å²) in [6, 6.07) is 13.1. The number of anilines is 1. The standard InChI is InChI=1S/C17H14N4O3/c1-21-13-8-3-2-7-12(13)15(22)14(20-21)17(24)19-11-6-4-5-10(9-11)16(18)23/h2-9H,1H3,(H2,18,23)(H,19,24). The van der Waals surface area contributed by atoms with Gasteiger partial charge in [0, 0.05) is 23.7 Å². The molecule has 0 aliphatic carbocycles. The number of rotatable bonds is 3. The van der Waals surface area contributed by atoms with Crippen LogP contribution in [0.15, 0.2) is 53.3 Å². The van der Waals surface area contributed by atoms with Crippen LogP contribution in [0.1, 0.15) is 20.8 Å². The Bertz CT molecular complexity index is 1020. The van der Waals surface area contributed by atoms with Gasteiger partial charge >= 0.3 is 0 Å². The molecule has 3 rings (SSSR count). The molecule has 3 N–H and O–H groups in total. The molecule has 7 heteroatoms. The first-order chi connectivity index (χ1) is 11.5. The Morgan fingerprint density at radius 2 is 1.88 bits per heavy atom. The van der Waals surface area contributed by atoms with Crippen molar-refractivity contribution in [2.45, 2.75) is 0 Å². The van der Waals surface area contributed by atoms with E-state index in [0.29, 0.717) is 16.6 Å². The molecule has 0 atom stereocenters. The largest absolute Gasteiger partial charge is 0.366 e. The maximum absolute atomic E-state index is 12.5. The first-order valence-corrected chi connectivity index (χ1v) is 7.14. The first kappa shape index (κ1) is 15.4. The van der Waals surface area contributed by atoms with E-state index >= 15 is 0 Å². The molecular formula is C17H14N4O3. The van der Waals surface area contributed by atoms with Crippen LogP contribution in [0.2, 0.25) is 0 Å². The monoisotopic (exact) mass is 322 g/mol. The summed E-state index contributed by atoms with van der Waals surface area (Å²) in [5.74, 6) is -1.26. The third kappa shape index (κ3) is 2.74. The highest BCUT2D eigenvalue weighted by Gasteiger charge is 2.16. The van der Waals surface area contributed by atoms with Crippen molar-refractivity contribution < 1.29 is 9.59 Å².